The number of amides is 1. The predicted octanol–water partition coefficient (Wildman–Crippen LogP) is 3.98. The number of guanidine groups is 1. The highest BCUT2D eigenvalue weighted by Gasteiger charge is 2.23. The number of carbonyl (C=O) groups is 1. The fraction of sp³-hybridized carbons (Fsp3) is 0.667. The van der Waals surface area contributed by atoms with Gasteiger partial charge in [-0.05, 0) is 45.1 Å². The van der Waals surface area contributed by atoms with Crippen LogP contribution in [0.4, 0.5) is 4.79 Å². The fourth-order valence-corrected chi connectivity index (χ4v) is 3.58. The highest BCUT2D eigenvalue weighted by atomic mass is 127. The van der Waals surface area contributed by atoms with E-state index >= 15 is 0 Å². The van der Waals surface area contributed by atoms with Crippen molar-refractivity contribution in [1.29, 1.82) is 0 Å². The Morgan fingerprint density at radius 1 is 1.19 bits per heavy atom. The molecule has 1 atom stereocenters. The second-order valence-electron chi connectivity index (χ2n) is 9.63. The van der Waals surface area contributed by atoms with Gasteiger partial charge in [0, 0.05) is 39.3 Å². The molecule has 3 N–H and O–H groups in total. The highest BCUT2D eigenvalue weighted by molar-refractivity contribution is 14.0. The van der Waals surface area contributed by atoms with Gasteiger partial charge in [-0.15, -0.1) is 24.0 Å². The van der Waals surface area contributed by atoms with Crippen molar-refractivity contribution in [1.82, 2.24) is 20.9 Å². The Hall–Kier alpha value is -1.55. The van der Waals surface area contributed by atoms with Gasteiger partial charge < -0.3 is 20.7 Å². The number of alkyl carbamates (subject to hydrolysis) is 1. The summed E-state index contributed by atoms with van der Waals surface area (Å²) < 4.78 is 5.40. The molecule has 32 heavy (non-hydrogen) atoms. The van der Waals surface area contributed by atoms with Crippen molar-refractivity contribution in [2.24, 2.45) is 10.9 Å². The SMILES string of the molecule is CN=C(NCC(NC(=O)OC(C)(C)C)C(C)C)NC1CCN(Cc2ccccc2)CC1.I. The molecule has 1 aromatic carbocycles. The van der Waals surface area contributed by atoms with Crippen LogP contribution in [0.25, 0.3) is 0 Å². The first-order chi connectivity index (χ1) is 14.7. The number of halogens is 1. The third-order valence-electron chi connectivity index (χ3n) is 5.40. The Balaban J connectivity index is 0.00000512. The molecule has 0 spiro atoms. The Morgan fingerprint density at radius 3 is 2.34 bits per heavy atom. The van der Waals surface area contributed by atoms with Crippen LogP contribution in [0.3, 0.4) is 0 Å². The number of likely N-dealkylation sites (tertiary alicyclic amines) is 1. The summed E-state index contributed by atoms with van der Waals surface area (Å²) in [5.74, 6) is 1.04. The second-order valence-corrected chi connectivity index (χ2v) is 9.63. The van der Waals surface area contributed by atoms with Crippen molar-refractivity contribution < 1.29 is 9.53 Å². The topological polar surface area (TPSA) is 78.0 Å². The third-order valence-corrected chi connectivity index (χ3v) is 5.40. The molecule has 0 saturated carbocycles. The van der Waals surface area contributed by atoms with Crippen LogP contribution in [0.15, 0.2) is 35.3 Å². The number of piperidine rings is 1. The summed E-state index contributed by atoms with van der Waals surface area (Å²) in [7, 11) is 1.78. The zero-order valence-corrected chi connectivity index (χ0v) is 22.8. The van der Waals surface area contributed by atoms with Crippen LogP contribution < -0.4 is 16.0 Å². The number of aliphatic imine (C=N–C) groups is 1. The van der Waals surface area contributed by atoms with E-state index in [1.165, 1.54) is 5.56 Å². The minimum atomic E-state index is -0.508. The summed E-state index contributed by atoms with van der Waals surface area (Å²) in [6.45, 7) is 13.5. The Morgan fingerprint density at radius 2 is 1.81 bits per heavy atom. The number of nitrogens with zero attached hydrogens (tertiary/aromatic N) is 2. The number of hydrogen-bond acceptors (Lipinski definition) is 4. The molecule has 0 bridgehead atoms. The number of hydrogen-bond donors (Lipinski definition) is 3. The minimum Gasteiger partial charge on any atom is -0.444 e. The molecule has 1 aliphatic heterocycles. The van der Waals surface area contributed by atoms with E-state index in [4.69, 9.17) is 4.74 Å². The molecule has 8 heteroatoms. The molecular weight excluding hydrogens is 517 g/mol. The second kappa shape index (κ2) is 13.9. The quantitative estimate of drug-likeness (QED) is 0.268. The van der Waals surface area contributed by atoms with Gasteiger partial charge in [0.25, 0.3) is 0 Å². The average molecular weight is 560 g/mol. The van der Waals surface area contributed by atoms with Crippen molar-refractivity contribution in [2.45, 2.75) is 71.7 Å². The van der Waals surface area contributed by atoms with Gasteiger partial charge >= 0.3 is 6.09 Å². The zero-order chi connectivity index (χ0) is 22.9. The molecule has 1 aliphatic rings. The first-order valence-electron chi connectivity index (χ1n) is 11.4. The highest BCUT2D eigenvalue weighted by Crippen LogP contribution is 2.14. The van der Waals surface area contributed by atoms with Gasteiger partial charge in [0.15, 0.2) is 5.96 Å². The molecule has 1 heterocycles. The molecule has 1 fully saturated rings. The average Bonchev–Trinajstić information content (AvgIpc) is 2.70. The van der Waals surface area contributed by atoms with Gasteiger partial charge in [-0.25, -0.2) is 4.79 Å². The maximum Gasteiger partial charge on any atom is 0.407 e. The number of rotatable bonds is 7. The summed E-state index contributed by atoms with van der Waals surface area (Å²) in [6, 6.07) is 11.0. The molecule has 1 aromatic rings. The van der Waals surface area contributed by atoms with Gasteiger partial charge in [-0.1, -0.05) is 44.2 Å². The third kappa shape index (κ3) is 10.8. The Labute approximate surface area is 211 Å². The van der Waals surface area contributed by atoms with Gasteiger partial charge in [0.1, 0.15) is 5.60 Å². The maximum absolute atomic E-state index is 12.2. The van der Waals surface area contributed by atoms with Gasteiger partial charge in [-0.2, -0.15) is 0 Å². The van der Waals surface area contributed by atoms with Crippen LogP contribution >= 0.6 is 24.0 Å². The summed E-state index contributed by atoms with van der Waals surface area (Å²) in [4.78, 5) is 19.0. The molecule has 0 aromatic heterocycles. The smallest absolute Gasteiger partial charge is 0.407 e. The zero-order valence-electron chi connectivity index (χ0n) is 20.5. The summed E-state index contributed by atoms with van der Waals surface area (Å²) >= 11 is 0. The molecule has 182 valence electrons. The van der Waals surface area contributed by atoms with E-state index in [1.807, 2.05) is 20.8 Å². The molecular formula is C24H42IN5O2. The number of carbonyl (C=O) groups excluding carboxylic acids is 1. The van der Waals surface area contributed by atoms with E-state index in [9.17, 15) is 4.79 Å². The Bertz CT molecular complexity index is 698. The molecule has 1 saturated heterocycles. The fourth-order valence-electron chi connectivity index (χ4n) is 3.58. The molecule has 0 radical (unpaired) electrons. The van der Waals surface area contributed by atoms with Crippen LogP contribution in [0, 0.1) is 5.92 Å². The van der Waals surface area contributed by atoms with Gasteiger partial charge in [0.2, 0.25) is 0 Å². The van der Waals surface area contributed by atoms with Gasteiger partial charge in [0.05, 0.1) is 6.04 Å². The molecule has 7 nitrogen and oxygen atoms in total. The maximum atomic E-state index is 12.2. The summed E-state index contributed by atoms with van der Waals surface area (Å²) in [5.41, 5.74) is 0.857. The van der Waals surface area contributed by atoms with Crippen molar-refractivity contribution >= 4 is 36.0 Å². The van der Waals surface area contributed by atoms with Crippen molar-refractivity contribution in [3.8, 4) is 0 Å². The monoisotopic (exact) mass is 559 g/mol. The van der Waals surface area contributed by atoms with Crippen LogP contribution in [-0.4, -0.2) is 61.3 Å². The van der Waals surface area contributed by atoms with Crippen molar-refractivity contribution in [3.05, 3.63) is 35.9 Å². The van der Waals surface area contributed by atoms with Crippen LogP contribution in [-0.2, 0) is 11.3 Å². The van der Waals surface area contributed by atoms with E-state index < -0.39 is 5.60 Å². The van der Waals surface area contributed by atoms with E-state index in [2.05, 4.69) is 70.0 Å². The van der Waals surface area contributed by atoms with Crippen molar-refractivity contribution in [3.63, 3.8) is 0 Å². The number of nitrogens with one attached hydrogen (secondary N) is 3. The first-order valence-corrected chi connectivity index (χ1v) is 11.4. The van der Waals surface area contributed by atoms with E-state index in [0.717, 1.165) is 38.4 Å². The lowest BCUT2D eigenvalue weighted by Crippen LogP contribution is -2.53. The normalized spacial score (nSPS) is 16.8. The minimum absolute atomic E-state index is 0. The Kier molecular flexibility index (Phi) is 12.3. The standard InChI is InChI=1S/C24H41N5O2.HI/c1-18(2)21(28-23(30)31-24(3,4)5)16-26-22(25-6)27-20-12-14-29(15-13-20)17-19-10-8-7-9-11-19;/h7-11,18,20-21H,12-17H2,1-6H3,(H,28,30)(H2,25,26,27);1H. The lowest BCUT2D eigenvalue weighted by atomic mass is 10.0. The van der Waals surface area contributed by atoms with Crippen LogP contribution in [0.5, 0.6) is 0 Å². The summed E-state index contributed by atoms with van der Waals surface area (Å²) in [5, 5.41) is 9.89. The van der Waals surface area contributed by atoms with E-state index in [1.54, 1.807) is 7.05 Å². The molecule has 1 amide bonds. The number of ether oxygens (including phenoxy) is 1. The lowest BCUT2D eigenvalue weighted by molar-refractivity contribution is 0.0491. The summed E-state index contributed by atoms with van der Waals surface area (Å²) in [6.07, 6.45) is 1.77. The number of benzene rings is 1. The molecule has 1 unspecified atom stereocenters. The predicted molar refractivity (Wildman–Crippen MR) is 143 cm³/mol. The van der Waals surface area contributed by atoms with E-state index in [-0.39, 0.29) is 42.0 Å². The van der Waals surface area contributed by atoms with Crippen LogP contribution in [0.2, 0.25) is 0 Å². The first kappa shape index (κ1) is 28.5. The van der Waals surface area contributed by atoms with Gasteiger partial charge in [-0.3, -0.25) is 9.89 Å². The lowest BCUT2D eigenvalue weighted by Gasteiger charge is -2.33. The van der Waals surface area contributed by atoms with Crippen molar-refractivity contribution in [2.75, 3.05) is 26.7 Å². The van der Waals surface area contributed by atoms with Crippen LogP contribution in [0.1, 0.15) is 53.0 Å². The largest absolute Gasteiger partial charge is 0.444 e. The van der Waals surface area contributed by atoms with E-state index in [0.29, 0.717) is 12.6 Å². The molecule has 2 rings (SSSR count). The molecule has 0 aliphatic carbocycles.